The highest BCUT2D eigenvalue weighted by Gasteiger charge is 2.42. The molecule has 0 radical (unpaired) electrons. The fourth-order valence-corrected chi connectivity index (χ4v) is 5.12. The van der Waals surface area contributed by atoms with Crippen LogP contribution in [0.1, 0.15) is 30.9 Å². The molecular formula is C20H21F3N4O2S. The van der Waals surface area contributed by atoms with Gasteiger partial charge in [0.05, 0.1) is 5.56 Å². The lowest BCUT2D eigenvalue weighted by atomic mass is 9.94. The number of benzene rings is 1. The van der Waals surface area contributed by atoms with Crippen molar-refractivity contribution in [2.45, 2.75) is 43.6 Å². The zero-order valence-electron chi connectivity index (χ0n) is 16.3. The molecule has 30 heavy (non-hydrogen) atoms. The molecule has 0 aliphatic carbocycles. The standard InChI is InChI=1S/C20H21F3N4O2S/c1-28-17(20(21,22)23)11-7-14(18-24-5-6-30-18)16-15(8-11)26-19(29-16)27-9-12-3-2-4-13(10-27)25-12/h5-8,12-13,17,25H,2-4,9-10H2,1H3. The Balaban J connectivity index is 1.60. The molecule has 0 spiro atoms. The van der Waals surface area contributed by atoms with Crippen molar-refractivity contribution in [3.8, 4) is 10.6 Å². The average Bonchev–Trinajstić information content (AvgIpc) is 3.36. The van der Waals surface area contributed by atoms with Crippen molar-refractivity contribution in [2.75, 3.05) is 25.1 Å². The number of piperazine rings is 1. The third-order valence-electron chi connectivity index (χ3n) is 5.73. The van der Waals surface area contributed by atoms with E-state index in [4.69, 9.17) is 9.15 Å². The van der Waals surface area contributed by atoms with Crippen molar-refractivity contribution in [3.05, 3.63) is 29.3 Å². The molecule has 1 N–H and O–H groups in total. The van der Waals surface area contributed by atoms with Crippen molar-refractivity contribution in [3.63, 3.8) is 0 Å². The quantitative estimate of drug-likeness (QED) is 0.646. The highest BCUT2D eigenvalue weighted by atomic mass is 32.1. The van der Waals surface area contributed by atoms with Gasteiger partial charge in [0.1, 0.15) is 10.5 Å². The summed E-state index contributed by atoms with van der Waals surface area (Å²) in [6, 6.07) is 4.06. The predicted octanol–water partition coefficient (Wildman–Crippen LogP) is 4.53. The first kappa shape index (κ1) is 19.8. The van der Waals surface area contributed by atoms with Crippen molar-refractivity contribution in [1.82, 2.24) is 15.3 Å². The molecule has 5 rings (SSSR count). The zero-order chi connectivity index (χ0) is 20.9. The Bertz CT molecular complexity index is 1020. The van der Waals surface area contributed by atoms with E-state index in [-0.39, 0.29) is 5.56 Å². The highest BCUT2D eigenvalue weighted by Crippen LogP contribution is 2.41. The van der Waals surface area contributed by atoms with Crippen molar-refractivity contribution in [2.24, 2.45) is 0 Å². The van der Waals surface area contributed by atoms with Gasteiger partial charge in [0.2, 0.25) is 0 Å². The number of fused-ring (bicyclic) bond motifs is 3. The number of hydrogen-bond acceptors (Lipinski definition) is 7. The number of ether oxygens (including phenoxy) is 1. The molecule has 6 nitrogen and oxygen atoms in total. The Kier molecular flexibility index (Phi) is 4.95. The smallest absolute Gasteiger partial charge is 0.418 e. The van der Waals surface area contributed by atoms with Gasteiger partial charge in [0, 0.05) is 43.9 Å². The summed E-state index contributed by atoms with van der Waals surface area (Å²) in [6.07, 6.45) is -1.56. The van der Waals surface area contributed by atoms with Gasteiger partial charge in [-0.2, -0.15) is 18.2 Å². The first-order valence-corrected chi connectivity index (χ1v) is 10.7. The Morgan fingerprint density at radius 3 is 2.67 bits per heavy atom. The molecule has 2 fully saturated rings. The topological polar surface area (TPSA) is 63.4 Å². The largest absolute Gasteiger partial charge is 0.423 e. The first-order valence-electron chi connectivity index (χ1n) is 9.87. The minimum atomic E-state index is -4.54. The van der Waals surface area contributed by atoms with E-state index in [1.807, 2.05) is 0 Å². The number of methoxy groups -OCH3 is 1. The number of rotatable bonds is 4. The van der Waals surface area contributed by atoms with Gasteiger partial charge in [-0.05, 0) is 30.5 Å². The van der Waals surface area contributed by atoms with Gasteiger partial charge < -0.3 is 19.4 Å². The highest BCUT2D eigenvalue weighted by molar-refractivity contribution is 7.13. The number of thiazole rings is 1. The molecule has 3 atom stereocenters. The molecule has 4 heterocycles. The average molecular weight is 438 g/mol. The van der Waals surface area contributed by atoms with Crippen LogP contribution in [0.3, 0.4) is 0 Å². The molecule has 2 aromatic heterocycles. The van der Waals surface area contributed by atoms with E-state index >= 15 is 0 Å². The van der Waals surface area contributed by atoms with Crippen LogP contribution < -0.4 is 10.2 Å². The lowest BCUT2D eigenvalue weighted by Gasteiger charge is -2.41. The van der Waals surface area contributed by atoms with Gasteiger partial charge in [-0.15, -0.1) is 11.3 Å². The van der Waals surface area contributed by atoms with E-state index < -0.39 is 12.3 Å². The van der Waals surface area contributed by atoms with E-state index in [2.05, 4.69) is 20.2 Å². The third kappa shape index (κ3) is 3.57. The number of hydrogen-bond donors (Lipinski definition) is 1. The van der Waals surface area contributed by atoms with Gasteiger partial charge in [-0.1, -0.05) is 6.42 Å². The molecule has 0 amide bonds. The lowest BCUT2D eigenvalue weighted by Crippen LogP contribution is -2.58. The number of anilines is 1. The second-order valence-electron chi connectivity index (χ2n) is 7.80. The van der Waals surface area contributed by atoms with Crippen LogP contribution in [0.15, 0.2) is 28.1 Å². The third-order valence-corrected chi connectivity index (χ3v) is 6.53. The molecule has 3 aromatic rings. The maximum absolute atomic E-state index is 13.5. The lowest BCUT2D eigenvalue weighted by molar-refractivity contribution is -0.215. The number of piperidine rings is 1. The van der Waals surface area contributed by atoms with Crippen LogP contribution in [-0.4, -0.2) is 48.4 Å². The summed E-state index contributed by atoms with van der Waals surface area (Å²) < 4.78 is 51.4. The number of nitrogens with zero attached hydrogens (tertiary/aromatic N) is 3. The molecule has 2 bridgehead atoms. The summed E-state index contributed by atoms with van der Waals surface area (Å²) in [5, 5.41) is 5.97. The maximum Gasteiger partial charge on any atom is 0.418 e. The summed E-state index contributed by atoms with van der Waals surface area (Å²) in [7, 11) is 1.05. The monoisotopic (exact) mass is 438 g/mol. The molecule has 160 valence electrons. The van der Waals surface area contributed by atoms with Crippen molar-refractivity contribution >= 4 is 28.5 Å². The van der Waals surface area contributed by atoms with E-state index in [9.17, 15) is 13.2 Å². The van der Waals surface area contributed by atoms with E-state index in [1.165, 1.54) is 29.9 Å². The molecule has 2 saturated heterocycles. The van der Waals surface area contributed by atoms with Crippen molar-refractivity contribution in [1.29, 1.82) is 0 Å². The van der Waals surface area contributed by atoms with Gasteiger partial charge in [-0.25, -0.2) is 4.98 Å². The number of aromatic nitrogens is 2. The second kappa shape index (κ2) is 7.51. The van der Waals surface area contributed by atoms with E-state index in [0.29, 0.717) is 39.8 Å². The van der Waals surface area contributed by atoms with Crippen molar-refractivity contribution < 1.29 is 22.3 Å². The summed E-state index contributed by atoms with van der Waals surface area (Å²) in [4.78, 5) is 10.9. The first-order chi connectivity index (χ1) is 14.4. The summed E-state index contributed by atoms with van der Waals surface area (Å²) in [6.45, 7) is 1.54. The van der Waals surface area contributed by atoms with Gasteiger partial charge in [0.25, 0.3) is 6.01 Å². The van der Waals surface area contributed by atoms with Crippen LogP contribution in [0.2, 0.25) is 0 Å². The Morgan fingerprint density at radius 2 is 2.03 bits per heavy atom. The summed E-state index contributed by atoms with van der Waals surface area (Å²) in [5.74, 6) is 0. The Labute approximate surface area is 175 Å². The molecular weight excluding hydrogens is 417 g/mol. The Morgan fingerprint density at radius 1 is 1.27 bits per heavy atom. The maximum atomic E-state index is 13.5. The second-order valence-corrected chi connectivity index (χ2v) is 8.70. The van der Waals surface area contributed by atoms with Crippen LogP contribution in [0.25, 0.3) is 21.7 Å². The Hall–Kier alpha value is -2.17. The molecule has 1 aromatic carbocycles. The predicted molar refractivity (Wildman–Crippen MR) is 108 cm³/mol. The SMILES string of the molecule is COC(c1cc(-c2nccs2)c2oc(N3CC4CCCC(C3)N4)nc2c1)C(F)(F)F. The minimum absolute atomic E-state index is 0.0141. The van der Waals surface area contributed by atoms with E-state index in [1.54, 1.807) is 11.6 Å². The van der Waals surface area contributed by atoms with Crippen LogP contribution in [0.4, 0.5) is 19.2 Å². The molecule has 2 aliphatic heterocycles. The van der Waals surface area contributed by atoms with Gasteiger partial charge in [-0.3, -0.25) is 0 Å². The normalized spacial score (nSPS) is 23.1. The molecule has 0 saturated carbocycles. The molecule has 2 aliphatic rings. The zero-order valence-corrected chi connectivity index (χ0v) is 17.1. The van der Waals surface area contributed by atoms with E-state index in [0.717, 1.165) is 33.0 Å². The minimum Gasteiger partial charge on any atom is -0.423 e. The fourth-order valence-electron chi connectivity index (χ4n) is 4.46. The van der Waals surface area contributed by atoms with Crippen LogP contribution in [-0.2, 0) is 4.74 Å². The van der Waals surface area contributed by atoms with Crippen LogP contribution in [0, 0.1) is 0 Å². The number of nitrogens with one attached hydrogen (secondary N) is 1. The van der Waals surface area contributed by atoms with Gasteiger partial charge >= 0.3 is 6.18 Å². The summed E-state index contributed by atoms with van der Waals surface area (Å²) >= 11 is 1.34. The van der Waals surface area contributed by atoms with Crippen LogP contribution >= 0.6 is 11.3 Å². The number of halogens is 3. The molecule has 10 heteroatoms. The number of oxazole rings is 1. The molecule has 3 unspecified atom stereocenters. The van der Waals surface area contributed by atoms with Crippen LogP contribution in [0.5, 0.6) is 0 Å². The summed E-state index contributed by atoms with van der Waals surface area (Å²) in [5.41, 5.74) is 1.31. The van der Waals surface area contributed by atoms with Gasteiger partial charge in [0.15, 0.2) is 11.7 Å². The number of alkyl halides is 3. The fraction of sp³-hybridized carbons (Fsp3) is 0.500.